The van der Waals surface area contributed by atoms with Crippen molar-refractivity contribution in [3.05, 3.63) is 30.1 Å². The van der Waals surface area contributed by atoms with Crippen LogP contribution in [0.5, 0.6) is 0 Å². The summed E-state index contributed by atoms with van der Waals surface area (Å²) in [5.41, 5.74) is 1.59. The number of rotatable bonds is 5. The van der Waals surface area contributed by atoms with Crippen molar-refractivity contribution in [2.24, 2.45) is 5.92 Å². The topological polar surface area (TPSA) is 28.2 Å². The Morgan fingerprint density at radius 3 is 2.95 bits per heavy atom. The van der Waals surface area contributed by atoms with E-state index < -0.39 is 0 Å². The van der Waals surface area contributed by atoms with Crippen LogP contribution < -0.4 is 5.32 Å². The van der Waals surface area contributed by atoms with Crippen molar-refractivity contribution in [2.75, 3.05) is 26.2 Å². The van der Waals surface area contributed by atoms with Gasteiger partial charge in [-0.15, -0.1) is 0 Å². The molecule has 0 aliphatic carbocycles. The van der Waals surface area contributed by atoms with Crippen molar-refractivity contribution in [1.29, 1.82) is 0 Å². The van der Waals surface area contributed by atoms with E-state index in [0.717, 1.165) is 25.4 Å². The fourth-order valence-corrected chi connectivity index (χ4v) is 2.57. The Morgan fingerprint density at radius 2 is 2.26 bits per heavy atom. The molecule has 1 aromatic heterocycles. The van der Waals surface area contributed by atoms with Crippen LogP contribution in [-0.2, 0) is 6.42 Å². The average Bonchev–Trinajstić information content (AvgIpc) is 2.82. The molecule has 1 unspecified atom stereocenters. The maximum absolute atomic E-state index is 4.17. The molecule has 0 aromatic carbocycles. The van der Waals surface area contributed by atoms with Crippen LogP contribution in [0.4, 0.5) is 0 Å². The second-order valence-corrected chi connectivity index (χ2v) is 6.70. The molecule has 0 spiro atoms. The zero-order valence-electron chi connectivity index (χ0n) is 12.5. The maximum Gasteiger partial charge on any atom is 0.0300 e. The summed E-state index contributed by atoms with van der Waals surface area (Å²) >= 11 is 0. The molecule has 1 atom stereocenters. The molecular weight excluding hydrogens is 234 g/mol. The van der Waals surface area contributed by atoms with Crippen LogP contribution in [0.25, 0.3) is 0 Å². The molecule has 2 heterocycles. The molecule has 1 N–H and O–H groups in total. The monoisotopic (exact) mass is 261 g/mol. The van der Waals surface area contributed by atoms with E-state index in [9.17, 15) is 0 Å². The van der Waals surface area contributed by atoms with Crippen LogP contribution in [0.15, 0.2) is 24.5 Å². The smallest absolute Gasteiger partial charge is 0.0300 e. The maximum atomic E-state index is 4.17. The van der Waals surface area contributed by atoms with Gasteiger partial charge in [-0.1, -0.05) is 6.07 Å². The number of hydrogen-bond donors (Lipinski definition) is 1. The van der Waals surface area contributed by atoms with Gasteiger partial charge in [0.25, 0.3) is 0 Å². The lowest BCUT2D eigenvalue weighted by Crippen LogP contribution is -2.39. The Balaban J connectivity index is 1.68. The summed E-state index contributed by atoms with van der Waals surface area (Å²) in [4.78, 5) is 6.76. The summed E-state index contributed by atoms with van der Waals surface area (Å²) in [5, 5.41) is 3.62. The van der Waals surface area contributed by atoms with Crippen LogP contribution in [0, 0.1) is 5.92 Å². The highest BCUT2D eigenvalue weighted by Gasteiger charge is 2.23. The van der Waals surface area contributed by atoms with Gasteiger partial charge in [-0.3, -0.25) is 4.98 Å². The Labute approximate surface area is 117 Å². The van der Waals surface area contributed by atoms with Crippen LogP contribution in [0.3, 0.4) is 0 Å². The van der Waals surface area contributed by atoms with Gasteiger partial charge in [0.15, 0.2) is 0 Å². The summed E-state index contributed by atoms with van der Waals surface area (Å²) in [6, 6.07) is 4.19. The number of likely N-dealkylation sites (tertiary alicyclic amines) is 1. The van der Waals surface area contributed by atoms with Crippen LogP contribution in [-0.4, -0.2) is 41.6 Å². The van der Waals surface area contributed by atoms with Gasteiger partial charge >= 0.3 is 0 Å². The molecule has 1 fully saturated rings. The molecule has 19 heavy (non-hydrogen) atoms. The number of nitrogens with one attached hydrogen (secondary N) is 1. The minimum Gasteiger partial charge on any atom is -0.312 e. The minimum absolute atomic E-state index is 0.239. The van der Waals surface area contributed by atoms with E-state index in [0.29, 0.717) is 0 Å². The van der Waals surface area contributed by atoms with E-state index in [2.05, 4.69) is 42.0 Å². The molecule has 1 aliphatic rings. The zero-order chi connectivity index (χ0) is 13.7. The molecule has 3 heteroatoms. The van der Waals surface area contributed by atoms with Gasteiger partial charge in [0, 0.05) is 31.0 Å². The van der Waals surface area contributed by atoms with Gasteiger partial charge in [-0.25, -0.2) is 0 Å². The Morgan fingerprint density at radius 1 is 1.42 bits per heavy atom. The van der Waals surface area contributed by atoms with Gasteiger partial charge in [-0.05, 0) is 64.3 Å². The number of hydrogen-bond acceptors (Lipinski definition) is 3. The molecular formula is C16H27N3. The van der Waals surface area contributed by atoms with E-state index in [1.54, 1.807) is 0 Å². The standard InChI is InChI=1S/C16H27N3/c1-16(2,3)18-12-15-7-10-19(13-15)9-6-14-5-4-8-17-11-14/h4-5,8,11,15,18H,6-7,9-10,12-13H2,1-3H3. The number of pyridine rings is 1. The van der Waals surface area contributed by atoms with Gasteiger partial charge in [0.05, 0.1) is 0 Å². The second-order valence-electron chi connectivity index (χ2n) is 6.70. The van der Waals surface area contributed by atoms with Gasteiger partial charge in [0.1, 0.15) is 0 Å². The third-order valence-corrected chi connectivity index (χ3v) is 3.73. The quantitative estimate of drug-likeness (QED) is 0.882. The van der Waals surface area contributed by atoms with E-state index in [1.165, 1.54) is 25.1 Å². The van der Waals surface area contributed by atoms with Gasteiger partial charge < -0.3 is 10.2 Å². The van der Waals surface area contributed by atoms with Crippen molar-refractivity contribution < 1.29 is 0 Å². The Kier molecular flexibility index (Phi) is 4.94. The second kappa shape index (κ2) is 6.49. The molecule has 3 nitrogen and oxygen atoms in total. The fourth-order valence-electron chi connectivity index (χ4n) is 2.57. The van der Waals surface area contributed by atoms with Gasteiger partial charge in [0.2, 0.25) is 0 Å². The highest BCUT2D eigenvalue weighted by atomic mass is 15.1. The molecule has 1 aliphatic heterocycles. The molecule has 1 aromatic rings. The number of nitrogens with zero attached hydrogens (tertiary/aromatic N) is 2. The molecule has 0 radical (unpaired) electrons. The fraction of sp³-hybridized carbons (Fsp3) is 0.688. The molecule has 2 rings (SSSR count). The summed E-state index contributed by atoms with van der Waals surface area (Å²) in [5.74, 6) is 0.813. The first-order chi connectivity index (χ1) is 9.03. The predicted molar refractivity (Wildman–Crippen MR) is 80.2 cm³/mol. The van der Waals surface area contributed by atoms with Crippen molar-refractivity contribution in [2.45, 2.75) is 39.2 Å². The minimum atomic E-state index is 0.239. The summed E-state index contributed by atoms with van der Waals surface area (Å²) in [6.07, 6.45) is 6.27. The molecule has 0 bridgehead atoms. The highest BCUT2D eigenvalue weighted by molar-refractivity contribution is 5.08. The van der Waals surface area contributed by atoms with Crippen LogP contribution in [0.1, 0.15) is 32.8 Å². The average molecular weight is 261 g/mol. The Hall–Kier alpha value is -0.930. The first-order valence-electron chi connectivity index (χ1n) is 7.39. The van der Waals surface area contributed by atoms with Crippen molar-refractivity contribution in [1.82, 2.24) is 15.2 Å². The van der Waals surface area contributed by atoms with Crippen LogP contribution in [0.2, 0.25) is 0 Å². The lowest BCUT2D eigenvalue weighted by molar-refractivity contribution is 0.314. The molecule has 106 valence electrons. The first-order valence-corrected chi connectivity index (χ1v) is 7.39. The van der Waals surface area contributed by atoms with E-state index in [1.807, 2.05) is 18.5 Å². The predicted octanol–water partition coefficient (Wildman–Crippen LogP) is 2.33. The third-order valence-electron chi connectivity index (χ3n) is 3.73. The van der Waals surface area contributed by atoms with Crippen molar-refractivity contribution in [3.63, 3.8) is 0 Å². The third kappa shape index (κ3) is 5.29. The van der Waals surface area contributed by atoms with E-state index in [4.69, 9.17) is 0 Å². The van der Waals surface area contributed by atoms with E-state index in [-0.39, 0.29) is 5.54 Å². The first kappa shape index (κ1) is 14.5. The van der Waals surface area contributed by atoms with Gasteiger partial charge in [-0.2, -0.15) is 0 Å². The SMILES string of the molecule is CC(C)(C)NCC1CCN(CCc2cccnc2)C1. The van der Waals surface area contributed by atoms with Crippen molar-refractivity contribution >= 4 is 0 Å². The lowest BCUT2D eigenvalue weighted by Gasteiger charge is -2.23. The lowest BCUT2D eigenvalue weighted by atomic mass is 10.1. The zero-order valence-corrected chi connectivity index (χ0v) is 12.5. The summed E-state index contributed by atoms with van der Waals surface area (Å²) in [6.45, 7) is 11.5. The Bertz CT molecular complexity index is 369. The van der Waals surface area contributed by atoms with Crippen molar-refractivity contribution in [3.8, 4) is 0 Å². The molecule has 1 saturated heterocycles. The summed E-state index contributed by atoms with van der Waals surface area (Å²) in [7, 11) is 0. The highest BCUT2D eigenvalue weighted by Crippen LogP contribution is 2.16. The largest absolute Gasteiger partial charge is 0.312 e. The summed E-state index contributed by atoms with van der Waals surface area (Å²) < 4.78 is 0. The van der Waals surface area contributed by atoms with Crippen LogP contribution >= 0.6 is 0 Å². The normalized spacial score (nSPS) is 20.9. The molecule has 0 amide bonds. The molecule has 0 saturated carbocycles. The number of aromatic nitrogens is 1. The van der Waals surface area contributed by atoms with E-state index >= 15 is 0 Å².